The Balaban J connectivity index is 1.56. The predicted molar refractivity (Wildman–Crippen MR) is 130 cm³/mol. The van der Waals surface area contributed by atoms with Crippen LogP contribution in [0.5, 0.6) is 0 Å². The summed E-state index contributed by atoms with van der Waals surface area (Å²) < 4.78 is 18.9. The van der Waals surface area contributed by atoms with E-state index in [1.165, 1.54) is 0 Å². The molecule has 0 aliphatic heterocycles. The van der Waals surface area contributed by atoms with Crippen LogP contribution in [0.4, 0.5) is 0 Å². The van der Waals surface area contributed by atoms with Crippen LogP contribution >= 0.6 is 0 Å². The van der Waals surface area contributed by atoms with Crippen LogP contribution in [0.3, 0.4) is 0 Å². The van der Waals surface area contributed by atoms with Gasteiger partial charge in [-0.15, -0.1) is 0 Å². The van der Waals surface area contributed by atoms with E-state index in [2.05, 4.69) is 9.97 Å². The van der Waals surface area contributed by atoms with E-state index >= 15 is 0 Å². The molecule has 1 aromatic heterocycles. The number of nitrogens with zero attached hydrogens (tertiary/aromatic N) is 1. The molecule has 0 amide bonds. The molecule has 0 saturated heterocycles. The quantitative estimate of drug-likeness (QED) is 0.300. The van der Waals surface area contributed by atoms with E-state index < -0.39 is 18.3 Å². The second-order valence-corrected chi connectivity index (χ2v) is 7.97. The third-order valence-corrected chi connectivity index (χ3v) is 5.50. The van der Waals surface area contributed by atoms with Gasteiger partial charge in [0.15, 0.2) is 0 Å². The Hall–Kier alpha value is -3.29. The summed E-state index contributed by atoms with van der Waals surface area (Å²) in [5.41, 5.74) is 3.07. The highest BCUT2D eigenvalue weighted by molar-refractivity contribution is 5.15. The molecule has 3 aromatic carbocycles. The molecule has 2 N–H and O–H groups in total. The van der Waals surface area contributed by atoms with Crippen LogP contribution in [0.1, 0.15) is 28.6 Å². The van der Waals surface area contributed by atoms with Crippen molar-refractivity contribution < 1.29 is 19.3 Å². The monoisotopic (exact) mass is 458 g/mol. The van der Waals surface area contributed by atoms with Gasteiger partial charge in [-0.1, -0.05) is 91.0 Å². The number of H-pyrrole nitrogens is 1. The summed E-state index contributed by atoms with van der Waals surface area (Å²) in [7, 11) is 0. The van der Waals surface area contributed by atoms with Crippen LogP contribution in [-0.4, -0.2) is 33.9 Å². The van der Waals surface area contributed by atoms with E-state index in [0.29, 0.717) is 25.6 Å². The number of rotatable bonds is 13. The number of imidazole rings is 1. The van der Waals surface area contributed by atoms with Gasteiger partial charge in [0, 0.05) is 12.4 Å². The maximum atomic E-state index is 10.3. The molecule has 0 aliphatic carbocycles. The largest absolute Gasteiger partial charge is 0.394 e. The summed E-state index contributed by atoms with van der Waals surface area (Å²) in [6, 6.07) is 29.7. The maximum Gasteiger partial charge on any atom is 0.144 e. The first-order chi connectivity index (χ1) is 16.8. The number of benzene rings is 3. The van der Waals surface area contributed by atoms with Gasteiger partial charge in [0.05, 0.1) is 26.4 Å². The Labute approximate surface area is 200 Å². The smallest absolute Gasteiger partial charge is 0.144 e. The molecule has 4 aromatic rings. The van der Waals surface area contributed by atoms with Gasteiger partial charge in [-0.3, -0.25) is 0 Å². The number of aliphatic hydroxyl groups excluding tert-OH is 1. The summed E-state index contributed by atoms with van der Waals surface area (Å²) in [6.07, 6.45) is 1.62. The zero-order chi connectivity index (χ0) is 23.4. The third kappa shape index (κ3) is 6.85. The van der Waals surface area contributed by atoms with E-state index in [9.17, 15) is 5.11 Å². The molecule has 1 heterocycles. The van der Waals surface area contributed by atoms with Gasteiger partial charge in [-0.25, -0.2) is 4.98 Å². The Morgan fingerprint density at radius 2 is 1.18 bits per heavy atom. The Bertz CT molecular complexity index is 1060. The van der Waals surface area contributed by atoms with Crippen molar-refractivity contribution in [1.82, 2.24) is 9.97 Å². The van der Waals surface area contributed by atoms with Crippen LogP contribution in [0.25, 0.3) is 0 Å². The highest BCUT2D eigenvalue weighted by atomic mass is 16.6. The molecule has 3 atom stereocenters. The fourth-order valence-corrected chi connectivity index (χ4v) is 3.71. The first kappa shape index (κ1) is 23.9. The fourth-order valence-electron chi connectivity index (χ4n) is 3.71. The second kappa shape index (κ2) is 12.8. The van der Waals surface area contributed by atoms with Crippen LogP contribution in [-0.2, 0) is 34.0 Å². The van der Waals surface area contributed by atoms with E-state index in [1.807, 2.05) is 91.0 Å². The average molecular weight is 459 g/mol. The Kier molecular flexibility index (Phi) is 8.99. The summed E-state index contributed by atoms with van der Waals surface area (Å²) in [6.45, 7) is 0.843. The van der Waals surface area contributed by atoms with Crippen LogP contribution < -0.4 is 0 Å². The van der Waals surface area contributed by atoms with Crippen LogP contribution in [0.15, 0.2) is 103 Å². The molecule has 34 heavy (non-hydrogen) atoms. The second-order valence-electron chi connectivity index (χ2n) is 7.97. The standard InChI is InChI=1S/C28H30N2O4/c31-18-25(32-19-22-10-4-1-5-11-22)26(33-20-23-12-6-2-7-13-23)27(28-29-16-17-30-28)34-21-24-14-8-3-9-15-24/h1-17,25-27,31H,18-21H2,(H,29,30)/t25-,26-,27+/m0/s1. The zero-order valence-corrected chi connectivity index (χ0v) is 19.0. The molecule has 0 radical (unpaired) electrons. The highest BCUT2D eigenvalue weighted by Crippen LogP contribution is 2.28. The van der Waals surface area contributed by atoms with Gasteiger partial charge in [-0.2, -0.15) is 0 Å². The number of hydrogen-bond acceptors (Lipinski definition) is 5. The van der Waals surface area contributed by atoms with Crippen molar-refractivity contribution in [2.24, 2.45) is 0 Å². The lowest BCUT2D eigenvalue weighted by atomic mass is 10.1. The summed E-state index contributed by atoms with van der Waals surface area (Å²) in [5.74, 6) is 0.621. The topological polar surface area (TPSA) is 76.6 Å². The maximum absolute atomic E-state index is 10.3. The Morgan fingerprint density at radius 3 is 1.65 bits per heavy atom. The number of ether oxygens (including phenoxy) is 3. The van der Waals surface area contributed by atoms with E-state index in [-0.39, 0.29) is 6.61 Å². The van der Waals surface area contributed by atoms with Gasteiger partial charge >= 0.3 is 0 Å². The summed E-state index contributed by atoms with van der Waals surface area (Å²) >= 11 is 0. The zero-order valence-electron chi connectivity index (χ0n) is 19.0. The van der Waals surface area contributed by atoms with E-state index in [0.717, 1.165) is 16.7 Å². The minimum Gasteiger partial charge on any atom is -0.394 e. The fraction of sp³-hybridized carbons (Fsp3) is 0.250. The molecule has 0 fully saturated rings. The SMILES string of the molecule is OC[C@H](OCc1ccccc1)[C@H](OCc1ccccc1)[C@@H](OCc1ccccc1)c1ncc[nH]1. The van der Waals surface area contributed by atoms with Gasteiger partial charge in [0.25, 0.3) is 0 Å². The minimum atomic E-state index is -0.630. The lowest BCUT2D eigenvalue weighted by Gasteiger charge is -2.32. The summed E-state index contributed by atoms with van der Waals surface area (Å²) in [5, 5.41) is 10.3. The highest BCUT2D eigenvalue weighted by Gasteiger charge is 2.35. The molecule has 0 aliphatic rings. The number of aromatic amines is 1. The van der Waals surface area contributed by atoms with Crippen molar-refractivity contribution in [3.8, 4) is 0 Å². The van der Waals surface area contributed by atoms with Crippen molar-refractivity contribution in [2.45, 2.75) is 38.1 Å². The van der Waals surface area contributed by atoms with Crippen molar-refractivity contribution >= 4 is 0 Å². The Morgan fingerprint density at radius 1 is 0.676 bits per heavy atom. The number of aromatic nitrogens is 2. The van der Waals surface area contributed by atoms with Gasteiger partial charge in [-0.05, 0) is 16.7 Å². The average Bonchev–Trinajstić information content (AvgIpc) is 3.44. The molecule has 0 spiro atoms. The molecule has 0 bridgehead atoms. The molecular formula is C28H30N2O4. The third-order valence-electron chi connectivity index (χ3n) is 5.50. The number of nitrogens with one attached hydrogen (secondary N) is 1. The van der Waals surface area contributed by atoms with Crippen molar-refractivity contribution in [3.63, 3.8) is 0 Å². The van der Waals surface area contributed by atoms with Crippen LogP contribution in [0.2, 0.25) is 0 Å². The van der Waals surface area contributed by atoms with Crippen molar-refractivity contribution in [1.29, 1.82) is 0 Å². The first-order valence-corrected chi connectivity index (χ1v) is 11.4. The minimum absolute atomic E-state index is 0.224. The first-order valence-electron chi connectivity index (χ1n) is 11.4. The van der Waals surface area contributed by atoms with E-state index in [1.54, 1.807) is 12.4 Å². The molecular weight excluding hydrogens is 428 g/mol. The van der Waals surface area contributed by atoms with Gasteiger partial charge < -0.3 is 24.3 Å². The van der Waals surface area contributed by atoms with Crippen molar-refractivity contribution in [3.05, 3.63) is 126 Å². The van der Waals surface area contributed by atoms with E-state index in [4.69, 9.17) is 14.2 Å². The van der Waals surface area contributed by atoms with Crippen LogP contribution in [0, 0.1) is 0 Å². The molecule has 6 nitrogen and oxygen atoms in total. The van der Waals surface area contributed by atoms with Gasteiger partial charge in [0.2, 0.25) is 0 Å². The molecule has 176 valence electrons. The van der Waals surface area contributed by atoms with Crippen molar-refractivity contribution in [2.75, 3.05) is 6.61 Å². The molecule has 6 heteroatoms. The normalized spacial score (nSPS) is 13.9. The lowest BCUT2D eigenvalue weighted by molar-refractivity contribution is -0.165. The predicted octanol–water partition coefficient (Wildman–Crippen LogP) is 4.83. The number of aliphatic hydroxyl groups is 1. The molecule has 0 saturated carbocycles. The van der Waals surface area contributed by atoms with Gasteiger partial charge in [0.1, 0.15) is 24.1 Å². The molecule has 4 rings (SSSR count). The lowest BCUT2D eigenvalue weighted by Crippen LogP contribution is -2.40. The molecule has 0 unspecified atom stereocenters. The summed E-state index contributed by atoms with van der Waals surface area (Å²) in [4.78, 5) is 7.59. The number of hydrogen-bond donors (Lipinski definition) is 2.